The summed E-state index contributed by atoms with van der Waals surface area (Å²) in [6.45, 7) is 1.81. The summed E-state index contributed by atoms with van der Waals surface area (Å²) in [5.74, 6) is 0.314. The molecule has 0 spiro atoms. The average Bonchev–Trinajstić information content (AvgIpc) is 3.44. The molecule has 0 aliphatic heterocycles. The number of rotatable bonds is 6. The molecule has 0 aliphatic rings. The van der Waals surface area contributed by atoms with Crippen molar-refractivity contribution in [2.24, 2.45) is 0 Å². The molecule has 35 heavy (non-hydrogen) atoms. The molecule has 3 heterocycles. The van der Waals surface area contributed by atoms with E-state index in [0.717, 1.165) is 14.9 Å². The van der Waals surface area contributed by atoms with Crippen LogP contribution in [0, 0.1) is 0 Å². The van der Waals surface area contributed by atoms with Crippen LogP contribution in [0.4, 0.5) is 0 Å². The first-order valence-corrected chi connectivity index (χ1v) is 11.6. The number of pyridine rings is 1. The predicted octanol–water partition coefficient (Wildman–Crippen LogP) is 2.47. The summed E-state index contributed by atoms with van der Waals surface area (Å²) in [5.41, 5.74) is 3.72. The Balaban J connectivity index is 1.61. The van der Waals surface area contributed by atoms with Gasteiger partial charge >= 0.3 is 10.7 Å². The smallest absolute Gasteiger partial charge is 0.369 e. The van der Waals surface area contributed by atoms with E-state index in [1.54, 1.807) is 6.07 Å². The van der Waals surface area contributed by atoms with Crippen LogP contribution in [-0.2, 0) is 6.42 Å². The molecule has 0 aliphatic carbocycles. The number of benzene rings is 2. The highest BCUT2D eigenvalue weighted by molar-refractivity contribution is 7.20. The van der Waals surface area contributed by atoms with Crippen molar-refractivity contribution in [2.75, 3.05) is 19.6 Å². The van der Waals surface area contributed by atoms with Crippen molar-refractivity contribution in [1.29, 1.82) is 0 Å². The molecule has 2 aromatic carbocycles. The van der Waals surface area contributed by atoms with Crippen LogP contribution in [0.15, 0.2) is 58.1 Å². The molecular formula is C24H22N5O5S+. The zero-order valence-corrected chi connectivity index (χ0v) is 20.0. The second-order valence-corrected chi connectivity index (χ2v) is 8.76. The largest absolute Gasteiger partial charge is 0.497 e. The normalized spacial score (nSPS) is 11.2. The topological polar surface area (TPSA) is 121 Å². The van der Waals surface area contributed by atoms with E-state index in [-0.39, 0.29) is 11.1 Å². The van der Waals surface area contributed by atoms with Crippen LogP contribution in [0.3, 0.4) is 0 Å². The molecule has 0 fully saturated rings. The second-order valence-electron chi connectivity index (χ2n) is 7.73. The lowest BCUT2D eigenvalue weighted by atomic mass is 10.2. The SMILES string of the molecule is CCc1c2c(=O)n(-c3[nH+]c4ccccc4s3)[nH]c2cc(=O)n1NC(=O)c1cc(OC)cc(OC)c1. The van der Waals surface area contributed by atoms with Gasteiger partial charge in [0.15, 0.2) is 0 Å². The Kier molecular flexibility index (Phi) is 5.61. The highest BCUT2D eigenvalue weighted by Crippen LogP contribution is 2.23. The Bertz CT molecular complexity index is 1660. The van der Waals surface area contributed by atoms with E-state index in [1.807, 2.05) is 31.2 Å². The van der Waals surface area contributed by atoms with E-state index in [9.17, 15) is 14.4 Å². The molecule has 10 nitrogen and oxygen atoms in total. The molecule has 3 aromatic heterocycles. The fourth-order valence-electron chi connectivity index (χ4n) is 3.98. The van der Waals surface area contributed by atoms with Gasteiger partial charge in [-0.05, 0) is 42.0 Å². The van der Waals surface area contributed by atoms with E-state index in [4.69, 9.17) is 9.47 Å². The lowest BCUT2D eigenvalue weighted by molar-refractivity contribution is -0.334. The quantitative estimate of drug-likeness (QED) is 0.377. The Labute approximate surface area is 202 Å². The second kappa shape index (κ2) is 8.76. The van der Waals surface area contributed by atoms with Gasteiger partial charge < -0.3 is 9.47 Å². The Hall–Kier alpha value is -4.38. The molecule has 1 amide bonds. The van der Waals surface area contributed by atoms with Crippen molar-refractivity contribution < 1.29 is 19.3 Å². The van der Waals surface area contributed by atoms with Gasteiger partial charge in [0, 0.05) is 17.7 Å². The van der Waals surface area contributed by atoms with Crippen LogP contribution in [0.25, 0.3) is 26.3 Å². The molecule has 0 atom stereocenters. The van der Waals surface area contributed by atoms with Gasteiger partial charge in [0.1, 0.15) is 22.4 Å². The number of methoxy groups -OCH3 is 2. The average molecular weight is 493 g/mol. The number of hydrogen-bond donors (Lipinski definition) is 2. The van der Waals surface area contributed by atoms with Crippen molar-refractivity contribution in [1.82, 2.24) is 14.5 Å². The minimum absolute atomic E-state index is 0.238. The lowest BCUT2D eigenvalue weighted by Crippen LogP contribution is -2.35. The van der Waals surface area contributed by atoms with Crippen LogP contribution < -0.4 is 31.0 Å². The number of para-hydroxylation sites is 1. The molecule has 0 saturated carbocycles. The molecule has 178 valence electrons. The number of carbonyl (C=O) groups is 1. The first-order chi connectivity index (χ1) is 16.9. The first kappa shape index (κ1) is 22.4. The predicted molar refractivity (Wildman–Crippen MR) is 133 cm³/mol. The number of nitrogens with one attached hydrogen (secondary N) is 3. The summed E-state index contributed by atoms with van der Waals surface area (Å²) in [5, 5.41) is 3.93. The minimum Gasteiger partial charge on any atom is -0.497 e. The summed E-state index contributed by atoms with van der Waals surface area (Å²) in [4.78, 5) is 42.7. The summed E-state index contributed by atoms with van der Waals surface area (Å²) >= 11 is 1.41. The molecule has 5 aromatic rings. The number of carbonyl (C=O) groups excluding carboxylic acids is 1. The zero-order valence-electron chi connectivity index (χ0n) is 19.2. The molecular weight excluding hydrogens is 470 g/mol. The maximum atomic E-state index is 13.4. The monoisotopic (exact) mass is 492 g/mol. The number of hydrogen-bond acceptors (Lipinski definition) is 6. The van der Waals surface area contributed by atoms with Gasteiger partial charge in [0.25, 0.3) is 11.5 Å². The number of thiazole rings is 1. The number of aromatic amines is 2. The molecule has 0 saturated heterocycles. The van der Waals surface area contributed by atoms with Crippen LogP contribution in [-0.4, -0.2) is 34.6 Å². The summed E-state index contributed by atoms with van der Waals surface area (Å²) in [7, 11) is 2.96. The number of nitrogens with zero attached hydrogens (tertiary/aromatic N) is 2. The first-order valence-electron chi connectivity index (χ1n) is 10.8. The third-order valence-electron chi connectivity index (χ3n) is 5.67. The molecule has 5 rings (SSSR count). The van der Waals surface area contributed by atoms with E-state index in [0.29, 0.717) is 39.6 Å². The third kappa shape index (κ3) is 3.85. The Morgan fingerprint density at radius 3 is 2.46 bits per heavy atom. The standard InChI is InChI=1S/C24H21N5O5S/c1-4-18-21-17(26-29(23(21)32)24-25-16-7-5-6-8-19(16)35-24)12-20(30)28(18)27-22(31)13-9-14(33-2)11-15(10-13)34-3/h5-12,26H,4H2,1-3H3,(H,27,31)/p+1. The van der Waals surface area contributed by atoms with Crippen molar-refractivity contribution in [3.05, 3.63) is 80.5 Å². The minimum atomic E-state index is -0.549. The van der Waals surface area contributed by atoms with Crippen molar-refractivity contribution in [3.8, 4) is 16.6 Å². The van der Waals surface area contributed by atoms with Crippen molar-refractivity contribution in [3.63, 3.8) is 0 Å². The molecule has 0 bridgehead atoms. The van der Waals surface area contributed by atoms with Crippen molar-refractivity contribution in [2.45, 2.75) is 13.3 Å². The maximum absolute atomic E-state index is 13.4. The van der Waals surface area contributed by atoms with Gasteiger partial charge in [-0.15, -0.1) is 0 Å². The summed E-state index contributed by atoms with van der Waals surface area (Å²) in [6, 6.07) is 13.7. The Morgan fingerprint density at radius 2 is 1.80 bits per heavy atom. The van der Waals surface area contributed by atoms with E-state index >= 15 is 0 Å². The Morgan fingerprint density at radius 1 is 1.09 bits per heavy atom. The van der Waals surface area contributed by atoms with E-state index in [1.165, 1.54) is 48.4 Å². The van der Waals surface area contributed by atoms with Crippen LogP contribution in [0.5, 0.6) is 11.5 Å². The molecule has 11 heteroatoms. The number of H-pyrrole nitrogens is 2. The third-order valence-corrected chi connectivity index (χ3v) is 6.72. The number of fused-ring (bicyclic) bond motifs is 2. The number of aryl methyl sites for hydroxylation is 1. The van der Waals surface area contributed by atoms with Gasteiger partial charge in [-0.1, -0.05) is 23.7 Å². The van der Waals surface area contributed by atoms with Crippen LogP contribution >= 0.6 is 11.3 Å². The highest BCUT2D eigenvalue weighted by atomic mass is 32.1. The fourth-order valence-corrected chi connectivity index (χ4v) is 4.95. The van der Waals surface area contributed by atoms with Gasteiger partial charge in [-0.3, -0.25) is 15.0 Å². The molecule has 0 unspecified atom stereocenters. The number of amides is 1. The number of ether oxygens (including phenoxy) is 2. The van der Waals surface area contributed by atoms with Gasteiger partial charge in [-0.2, -0.15) is 0 Å². The van der Waals surface area contributed by atoms with Crippen molar-refractivity contribution >= 4 is 38.4 Å². The molecule has 0 radical (unpaired) electrons. The van der Waals surface area contributed by atoms with Gasteiger partial charge in [0.05, 0.1) is 30.1 Å². The highest BCUT2D eigenvalue weighted by Gasteiger charge is 2.24. The lowest BCUT2D eigenvalue weighted by Gasteiger charge is -2.14. The number of aromatic nitrogens is 4. The van der Waals surface area contributed by atoms with Gasteiger partial charge in [0.2, 0.25) is 0 Å². The fraction of sp³-hybridized carbons (Fsp3) is 0.167. The van der Waals surface area contributed by atoms with E-state index in [2.05, 4.69) is 15.5 Å². The van der Waals surface area contributed by atoms with Crippen LogP contribution in [0.1, 0.15) is 23.0 Å². The van der Waals surface area contributed by atoms with E-state index < -0.39 is 11.5 Å². The van der Waals surface area contributed by atoms with Gasteiger partial charge in [-0.25, -0.2) is 19.6 Å². The molecule has 3 N–H and O–H groups in total. The zero-order chi connectivity index (χ0) is 24.7. The summed E-state index contributed by atoms with van der Waals surface area (Å²) < 4.78 is 13.9. The van der Waals surface area contributed by atoms with Crippen LogP contribution in [0.2, 0.25) is 0 Å². The summed E-state index contributed by atoms with van der Waals surface area (Å²) in [6.07, 6.45) is 0.331. The maximum Gasteiger partial charge on any atom is 0.369 e.